The minimum atomic E-state index is -1.12. The molecule has 1 atom stereocenters. The lowest BCUT2D eigenvalue weighted by atomic mass is 10.00. The summed E-state index contributed by atoms with van der Waals surface area (Å²) in [7, 11) is 0. The molecule has 7 nitrogen and oxygen atoms in total. The number of carbonyl (C=O) groups is 2. The lowest BCUT2D eigenvalue weighted by molar-refractivity contribution is -0.147. The summed E-state index contributed by atoms with van der Waals surface area (Å²) < 4.78 is 0. The van der Waals surface area contributed by atoms with Crippen molar-refractivity contribution in [2.75, 3.05) is 6.54 Å². The molecule has 20 heavy (non-hydrogen) atoms. The molecule has 2 rings (SSSR count). The molecule has 0 saturated carbocycles. The molecule has 1 aliphatic heterocycles. The molecule has 1 fully saturated rings. The largest absolute Gasteiger partial charge is 0.480 e. The van der Waals surface area contributed by atoms with Crippen LogP contribution in [0.15, 0.2) is 12.4 Å². The van der Waals surface area contributed by atoms with E-state index in [0.29, 0.717) is 25.1 Å². The summed E-state index contributed by atoms with van der Waals surface area (Å²) in [6.07, 6.45) is 4.38. The fourth-order valence-electron chi connectivity index (χ4n) is 2.28. The topological polar surface area (TPSA) is 95.4 Å². The van der Waals surface area contributed by atoms with Crippen LogP contribution >= 0.6 is 0 Å². The number of carbonyl (C=O) groups excluding carboxylic acids is 1. The van der Waals surface area contributed by atoms with Gasteiger partial charge in [-0.2, -0.15) is 0 Å². The maximum absolute atomic E-state index is 12.1. The molecular formula is C13H18N4O3. The van der Waals surface area contributed by atoms with Gasteiger partial charge in [0, 0.05) is 12.7 Å². The Kier molecular flexibility index (Phi) is 3.87. The monoisotopic (exact) mass is 278 g/mol. The highest BCUT2D eigenvalue weighted by Gasteiger charge is 2.45. The Hall–Kier alpha value is -2.18. The van der Waals surface area contributed by atoms with Crippen LogP contribution in [0.5, 0.6) is 0 Å². The number of carboxylic acids is 1. The number of hydrogen-bond donors (Lipinski definition) is 2. The van der Waals surface area contributed by atoms with Gasteiger partial charge in [0.05, 0.1) is 24.1 Å². The van der Waals surface area contributed by atoms with E-state index in [4.69, 9.17) is 0 Å². The van der Waals surface area contributed by atoms with E-state index in [1.807, 2.05) is 6.92 Å². The van der Waals surface area contributed by atoms with E-state index in [-0.39, 0.29) is 12.6 Å². The van der Waals surface area contributed by atoms with Gasteiger partial charge in [0.25, 0.3) is 0 Å². The Morgan fingerprint density at radius 2 is 2.20 bits per heavy atom. The number of carboxylic acid groups (broad SMARTS) is 1. The number of urea groups is 1. The first kappa shape index (κ1) is 14.2. The zero-order valence-corrected chi connectivity index (χ0v) is 11.6. The van der Waals surface area contributed by atoms with Gasteiger partial charge in [-0.15, -0.1) is 0 Å². The van der Waals surface area contributed by atoms with Crippen molar-refractivity contribution in [3.05, 3.63) is 23.8 Å². The van der Waals surface area contributed by atoms with Crippen molar-refractivity contribution in [3.63, 3.8) is 0 Å². The molecule has 2 heterocycles. The Balaban J connectivity index is 1.98. The van der Waals surface area contributed by atoms with Crippen molar-refractivity contribution >= 4 is 12.0 Å². The summed E-state index contributed by atoms with van der Waals surface area (Å²) in [4.78, 5) is 33.0. The van der Waals surface area contributed by atoms with Crippen LogP contribution in [-0.4, -0.2) is 44.1 Å². The average molecular weight is 278 g/mol. The smallest absolute Gasteiger partial charge is 0.329 e. The molecule has 1 unspecified atom stereocenters. The maximum Gasteiger partial charge on any atom is 0.329 e. The van der Waals surface area contributed by atoms with Gasteiger partial charge in [-0.3, -0.25) is 9.97 Å². The molecule has 1 aromatic heterocycles. The number of nitrogens with zero attached hydrogens (tertiary/aromatic N) is 3. The third-order valence-electron chi connectivity index (χ3n) is 3.60. The van der Waals surface area contributed by atoms with E-state index in [1.54, 1.807) is 19.3 Å². The average Bonchev–Trinajstić information content (AvgIpc) is 2.81. The zero-order chi connectivity index (χ0) is 14.8. The van der Waals surface area contributed by atoms with Gasteiger partial charge < -0.3 is 15.3 Å². The van der Waals surface area contributed by atoms with Crippen LogP contribution in [0.25, 0.3) is 0 Å². The van der Waals surface area contributed by atoms with Gasteiger partial charge in [-0.05, 0) is 26.7 Å². The SMILES string of the molecule is Cc1cnc(CNC(=O)N2CCCC2(C)C(=O)O)cn1. The second-order valence-electron chi connectivity index (χ2n) is 5.14. The zero-order valence-electron chi connectivity index (χ0n) is 11.6. The van der Waals surface area contributed by atoms with Crippen molar-refractivity contribution in [3.8, 4) is 0 Å². The van der Waals surface area contributed by atoms with Crippen LogP contribution in [0, 0.1) is 6.92 Å². The predicted octanol–water partition coefficient (Wildman–Crippen LogP) is 0.934. The summed E-state index contributed by atoms with van der Waals surface area (Å²) in [5.41, 5.74) is 0.321. The fourth-order valence-corrected chi connectivity index (χ4v) is 2.28. The summed E-state index contributed by atoms with van der Waals surface area (Å²) in [5, 5.41) is 12.0. The number of aromatic nitrogens is 2. The van der Waals surface area contributed by atoms with Gasteiger partial charge in [0.2, 0.25) is 0 Å². The molecule has 108 valence electrons. The molecular weight excluding hydrogens is 260 g/mol. The number of aryl methyl sites for hydroxylation is 1. The van der Waals surface area contributed by atoms with E-state index in [1.165, 1.54) is 4.90 Å². The van der Waals surface area contributed by atoms with E-state index < -0.39 is 11.5 Å². The first-order valence-corrected chi connectivity index (χ1v) is 6.50. The van der Waals surface area contributed by atoms with Gasteiger partial charge in [0.15, 0.2) is 0 Å². The van der Waals surface area contributed by atoms with Gasteiger partial charge in [-0.25, -0.2) is 9.59 Å². The van der Waals surface area contributed by atoms with E-state index in [2.05, 4.69) is 15.3 Å². The van der Waals surface area contributed by atoms with Crippen molar-refractivity contribution in [2.24, 2.45) is 0 Å². The Labute approximate surface area is 117 Å². The summed E-state index contributed by atoms with van der Waals surface area (Å²) in [6.45, 7) is 4.10. The van der Waals surface area contributed by atoms with Crippen LogP contribution in [0.2, 0.25) is 0 Å². The number of hydrogen-bond acceptors (Lipinski definition) is 4. The standard InChI is InChI=1S/C13H18N4O3/c1-9-6-15-10(7-14-9)8-16-12(20)17-5-3-4-13(17,2)11(18)19/h6-7H,3-5,8H2,1-2H3,(H,16,20)(H,18,19). The third kappa shape index (κ3) is 2.71. The number of aliphatic carboxylic acids is 1. The highest BCUT2D eigenvalue weighted by atomic mass is 16.4. The molecule has 0 radical (unpaired) electrons. The molecule has 2 amide bonds. The normalized spacial score (nSPS) is 21.8. The molecule has 0 bridgehead atoms. The van der Waals surface area contributed by atoms with Crippen LogP contribution in [-0.2, 0) is 11.3 Å². The predicted molar refractivity (Wildman–Crippen MR) is 71.0 cm³/mol. The fraction of sp³-hybridized carbons (Fsp3) is 0.538. The van der Waals surface area contributed by atoms with E-state index in [0.717, 1.165) is 5.69 Å². The van der Waals surface area contributed by atoms with Crippen molar-refractivity contribution in [1.29, 1.82) is 0 Å². The molecule has 0 aromatic carbocycles. The summed E-state index contributed by atoms with van der Waals surface area (Å²) >= 11 is 0. The minimum Gasteiger partial charge on any atom is -0.480 e. The molecule has 1 aromatic rings. The minimum absolute atomic E-state index is 0.234. The van der Waals surface area contributed by atoms with E-state index in [9.17, 15) is 14.7 Å². The second-order valence-corrected chi connectivity index (χ2v) is 5.14. The first-order valence-electron chi connectivity index (χ1n) is 6.50. The van der Waals surface area contributed by atoms with Crippen LogP contribution < -0.4 is 5.32 Å². The lowest BCUT2D eigenvalue weighted by Crippen LogP contribution is -2.53. The molecule has 1 aliphatic rings. The van der Waals surface area contributed by atoms with Crippen molar-refractivity contribution < 1.29 is 14.7 Å². The Morgan fingerprint density at radius 3 is 2.80 bits per heavy atom. The summed E-state index contributed by atoms with van der Waals surface area (Å²) in [6, 6.07) is -0.380. The molecule has 0 spiro atoms. The Morgan fingerprint density at radius 1 is 1.45 bits per heavy atom. The number of rotatable bonds is 3. The number of likely N-dealkylation sites (tertiary alicyclic amines) is 1. The van der Waals surface area contributed by atoms with Gasteiger partial charge >= 0.3 is 12.0 Å². The lowest BCUT2D eigenvalue weighted by Gasteiger charge is -2.31. The number of amides is 2. The van der Waals surface area contributed by atoms with E-state index >= 15 is 0 Å². The molecule has 1 saturated heterocycles. The highest BCUT2D eigenvalue weighted by Crippen LogP contribution is 2.29. The Bertz CT molecular complexity index is 517. The molecule has 7 heteroatoms. The molecule has 0 aliphatic carbocycles. The van der Waals surface area contributed by atoms with Crippen LogP contribution in [0.3, 0.4) is 0 Å². The first-order chi connectivity index (χ1) is 9.43. The third-order valence-corrected chi connectivity index (χ3v) is 3.60. The number of nitrogens with one attached hydrogen (secondary N) is 1. The highest BCUT2D eigenvalue weighted by molar-refractivity contribution is 5.86. The van der Waals surface area contributed by atoms with Crippen molar-refractivity contribution in [1.82, 2.24) is 20.2 Å². The van der Waals surface area contributed by atoms with Crippen LogP contribution in [0.4, 0.5) is 4.79 Å². The van der Waals surface area contributed by atoms with Crippen LogP contribution in [0.1, 0.15) is 31.2 Å². The second kappa shape index (κ2) is 5.44. The van der Waals surface area contributed by atoms with Gasteiger partial charge in [0.1, 0.15) is 5.54 Å². The quantitative estimate of drug-likeness (QED) is 0.857. The molecule has 2 N–H and O–H groups in total. The summed E-state index contributed by atoms with van der Waals surface area (Å²) in [5.74, 6) is -0.972. The maximum atomic E-state index is 12.1. The van der Waals surface area contributed by atoms with Gasteiger partial charge in [-0.1, -0.05) is 0 Å². The van der Waals surface area contributed by atoms with Crippen molar-refractivity contribution in [2.45, 2.75) is 38.8 Å².